The van der Waals surface area contributed by atoms with Gasteiger partial charge in [0.05, 0.1) is 0 Å². The maximum Gasteiger partial charge on any atom is 0.231 e. The second kappa shape index (κ2) is 4.86. The summed E-state index contributed by atoms with van der Waals surface area (Å²) in [6.07, 6.45) is 0.719. The van der Waals surface area contributed by atoms with E-state index in [0.29, 0.717) is 0 Å². The van der Waals surface area contributed by atoms with Gasteiger partial charge in [0.1, 0.15) is 0 Å². The van der Waals surface area contributed by atoms with Gasteiger partial charge in [0.15, 0.2) is 23.0 Å². The van der Waals surface area contributed by atoms with Crippen LogP contribution in [0.25, 0.3) is 0 Å². The van der Waals surface area contributed by atoms with Gasteiger partial charge in [-0.2, -0.15) is 0 Å². The van der Waals surface area contributed by atoms with Crippen LogP contribution in [0.2, 0.25) is 0 Å². The number of ether oxygens (including phenoxy) is 4. The van der Waals surface area contributed by atoms with Gasteiger partial charge in [0, 0.05) is 6.04 Å². The van der Waals surface area contributed by atoms with Gasteiger partial charge in [-0.25, -0.2) is 0 Å². The number of benzene rings is 2. The summed E-state index contributed by atoms with van der Waals surface area (Å²) in [6, 6.07) is 11.6. The molecule has 5 heteroatoms. The molecule has 0 saturated heterocycles. The molecule has 1 atom stereocenters. The van der Waals surface area contributed by atoms with E-state index < -0.39 is 0 Å². The lowest BCUT2D eigenvalue weighted by molar-refractivity contribution is 0.173. The van der Waals surface area contributed by atoms with Gasteiger partial charge in [-0.3, -0.25) is 0 Å². The molecule has 2 aliphatic rings. The lowest BCUT2D eigenvalue weighted by atomic mass is 9.99. The summed E-state index contributed by atoms with van der Waals surface area (Å²) in [5.74, 6) is 3.10. The van der Waals surface area contributed by atoms with E-state index >= 15 is 0 Å². The highest BCUT2D eigenvalue weighted by Gasteiger charge is 2.18. The first kappa shape index (κ1) is 12.3. The normalized spacial score (nSPS) is 16.0. The summed E-state index contributed by atoms with van der Waals surface area (Å²) in [4.78, 5) is 0. The van der Waals surface area contributed by atoms with E-state index in [1.807, 2.05) is 36.4 Å². The molecule has 2 aromatic carbocycles. The Bertz CT molecular complexity index is 686. The first-order valence-electron chi connectivity index (χ1n) is 6.83. The molecule has 5 nitrogen and oxygen atoms in total. The Kier molecular flexibility index (Phi) is 2.86. The summed E-state index contributed by atoms with van der Waals surface area (Å²) in [6.45, 7) is 0.559. The van der Waals surface area contributed by atoms with E-state index in [0.717, 1.165) is 40.5 Å². The first-order chi connectivity index (χ1) is 10.3. The smallest absolute Gasteiger partial charge is 0.231 e. The summed E-state index contributed by atoms with van der Waals surface area (Å²) < 4.78 is 21.4. The maximum absolute atomic E-state index is 6.30. The maximum atomic E-state index is 6.30. The van der Waals surface area contributed by atoms with E-state index in [4.69, 9.17) is 24.7 Å². The minimum absolute atomic E-state index is 0.111. The number of rotatable bonds is 3. The van der Waals surface area contributed by atoms with Gasteiger partial charge in [-0.15, -0.1) is 0 Å². The van der Waals surface area contributed by atoms with E-state index in [2.05, 4.69) is 0 Å². The van der Waals surface area contributed by atoms with Crippen LogP contribution in [-0.4, -0.2) is 13.6 Å². The topological polar surface area (TPSA) is 62.9 Å². The molecule has 0 fully saturated rings. The van der Waals surface area contributed by atoms with Crippen LogP contribution >= 0.6 is 0 Å². The van der Waals surface area contributed by atoms with Crippen molar-refractivity contribution in [1.29, 1.82) is 0 Å². The third kappa shape index (κ3) is 2.25. The average molecular weight is 285 g/mol. The second-order valence-electron chi connectivity index (χ2n) is 5.11. The lowest BCUT2D eigenvalue weighted by Crippen LogP contribution is -2.13. The molecule has 0 aliphatic carbocycles. The molecule has 0 unspecified atom stereocenters. The number of hydrogen-bond donors (Lipinski definition) is 1. The van der Waals surface area contributed by atoms with Crippen molar-refractivity contribution >= 4 is 0 Å². The van der Waals surface area contributed by atoms with Gasteiger partial charge in [-0.05, 0) is 41.8 Å². The number of hydrogen-bond acceptors (Lipinski definition) is 5. The predicted molar refractivity (Wildman–Crippen MR) is 75.8 cm³/mol. The van der Waals surface area contributed by atoms with Gasteiger partial charge >= 0.3 is 0 Å². The van der Waals surface area contributed by atoms with Crippen molar-refractivity contribution in [2.75, 3.05) is 13.6 Å². The Labute approximate surface area is 122 Å². The highest BCUT2D eigenvalue weighted by atomic mass is 16.7. The van der Waals surface area contributed by atoms with E-state index in [-0.39, 0.29) is 19.6 Å². The van der Waals surface area contributed by atoms with Gasteiger partial charge in [-0.1, -0.05) is 12.1 Å². The van der Waals surface area contributed by atoms with Crippen LogP contribution in [-0.2, 0) is 6.42 Å². The Morgan fingerprint density at radius 3 is 2.19 bits per heavy atom. The lowest BCUT2D eigenvalue weighted by Gasteiger charge is -2.13. The minimum Gasteiger partial charge on any atom is -0.454 e. The Morgan fingerprint density at radius 2 is 1.43 bits per heavy atom. The molecule has 0 spiro atoms. The molecular formula is C16H15NO4. The number of nitrogens with two attached hydrogens (primary N) is 1. The van der Waals surface area contributed by atoms with Crippen molar-refractivity contribution < 1.29 is 18.9 Å². The van der Waals surface area contributed by atoms with Crippen molar-refractivity contribution in [2.45, 2.75) is 12.5 Å². The second-order valence-corrected chi connectivity index (χ2v) is 5.11. The first-order valence-corrected chi connectivity index (χ1v) is 6.83. The fourth-order valence-corrected chi connectivity index (χ4v) is 2.58. The molecule has 0 aromatic heterocycles. The van der Waals surface area contributed by atoms with Crippen LogP contribution in [0.1, 0.15) is 17.2 Å². The summed E-state index contributed by atoms with van der Waals surface area (Å²) in [7, 11) is 0. The van der Waals surface area contributed by atoms with Crippen molar-refractivity contribution in [3.8, 4) is 23.0 Å². The third-order valence-corrected chi connectivity index (χ3v) is 3.72. The molecule has 108 valence electrons. The average Bonchev–Trinajstić information content (AvgIpc) is 3.14. The zero-order valence-corrected chi connectivity index (χ0v) is 11.4. The molecule has 4 rings (SSSR count). The monoisotopic (exact) mass is 285 g/mol. The molecule has 0 bridgehead atoms. The SMILES string of the molecule is N[C@H](Cc1ccc2c(c1)OCO2)c1ccc2c(c1)OCO2. The molecule has 0 radical (unpaired) electrons. The molecule has 0 saturated carbocycles. The molecule has 2 aromatic rings. The van der Waals surface area contributed by atoms with Crippen molar-refractivity contribution in [3.63, 3.8) is 0 Å². The van der Waals surface area contributed by atoms with Gasteiger partial charge in [0.25, 0.3) is 0 Å². The predicted octanol–water partition coefficient (Wildman–Crippen LogP) is 2.39. The Morgan fingerprint density at radius 1 is 0.810 bits per heavy atom. The van der Waals surface area contributed by atoms with E-state index in [1.165, 1.54) is 0 Å². The van der Waals surface area contributed by atoms with Crippen molar-refractivity contribution in [1.82, 2.24) is 0 Å². The van der Waals surface area contributed by atoms with Crippen LogP contribution in [0.15, 0.2) is 36.4 Å². The summed E-state index contributed by atoms with van der Waals surface area (Å²) in [5.41, 5.74) is 8.44. The van der Waals surface area contributed by atoms with Crippen LogP contribution in [0.3, 0.4) is 0 Å². The minimum atomic E-state index is -0.111. The highest BCUT2D eigenvalue weighted by Crippen LogP contribution is 2.36. The van der Waals surface area contributed by atoms with Crippen molar-refractivity contribution in [3.05, 3.63) is 47.5 Å². The fourth-order valence-electron chi connectivity index (χ4n) is 2.58. The summed E-state index contributed by atoms with van der Waals surface area (Å²) >= 11 is 0. The fraction of sp³-hybridized carbons (Fsp3) is 0.250. The Balaban J connectivity index is 1.54. The molecule has 2 N–H and O–H groups in total. The zero-order chi connectivity index (χ0) is 14.2. The highest BCUT2D eigenvalue weighted by molar-refractivity contribution is 5.47. The van der Waals surface area contributed by atoms with E-state index in [1.54, 1.807) is 0 Å². The van der Waals surface area contributed by atoms with Crippen LogP contribution in [0, 0.1) is 0 Å². The van der Waals surface area contributed by atoms with E-state index in [9.17, 15) is 0 Å². The number of fused-ring (bicyclic) bond motifs is 2. The quantitative estimate of drug-likeness (QED) is 0.938. The molecule has 2 aliphatic heterocycles. The van der Waals surface area contributed by atoms with Crippen molar-refractivity contribution in [2.24, 2.45) is 5.73 Å². The van der Waals surface area contributed by atoms with Gasteiger partial charge in [0.2, 0.25) is 13.6 Å². The largest absolute Gasteiger partial charge is 0.454 e. The summed E-state index contributed by atoms with van der Waals surface area (Å²) in [5, 5.41) is 0. The Hall–Kier alpha value is -2.40. The zero-order valence-electron chi connectivity index (χ0n) is 11.4. The van der Waals surface area contributed by atoms with Crippen LogP contribution < -0.4 is 24.7 Å². The third-order valence-electron chi connectivity index (χ3n) is 3.72. The molecule has 21 heavy (non-hydrogen) atoms. The van der Waals surface area contributed by atoms with Crippen LogP contribution in [0.4, 0.5) is 0 Å². The molecule has 0 amide bonds. The van der Waals surface area contributed by atoms with Crippen LogP contribution in [0.5, 0.6) is 23.0 Å². The molecular weight excluding hydrogens is 270 g/mol. The molecule has 2 heterocycles. The standard InChI is InChI=1S/C16H15NO4/c17-12(11-2-4-14-16(7-11)21-9-19-14)5-10-1-3-13-15(6-10)20-8-18-13/h1-4,6-7,12H,5,8-9,17H2/t12-/m1/s1. The van der Waals surface area contributed by atoms with Gasteiger partial charge < -0.3 is 24.7 Å².